The molecule has 0 radical (unpaired) electrons. The molecule has 2 rings (SSSR count). The second-order valence-corrected chi connectivity index (χ2v) is 5.52. The maximum atomic E-state index is 11.9. The molecule has 0 aromatic heterocycles. The molecule has 0 aromatic carbocycles. The number of rotatable bonds is 2. The van der Waals surface area contributed by atoms with Crippen LogP contribution in [0, 0.1) is 11.3 Å². The van der Waals surface area contributed by atoms with Gasteiger partial charge in [-0.05, 0) is 12.8 Å². The van der Waals surface area contributed by atoms with Crippen molar-refractivity contribution >= 4 is 5.91 Å². The molecule has 4 unspecified atom stereocenters. The fourth-order valence-electron chi connectivity index (χ4n) is 2.35. The minimum Gasteiger partial charge on any atom is -0.392 e. The molecule has 0 aliphatic heterocycles. The standard InChI is InChI=1S/C12H20N2O2/c1-12(2)9(6-10(12)15)14-11(16)7-3-4-8(13)5-7/h3-4,7-10,15H,5-6,13H2,1-2H3,(H,14,16). The Morgan fingerprint density at radius 2 is 2.12 bits per heavy atom. The van der Waals surface area contributed by atoms with Crippen LogP contribution in [0.5, 0.6) is 0 Å². The molecule has 1 fully saturated rings. The molecule has 0 bridgehead atoms. The monoisotopic (exact) mass is 224 g/mol. The van der Waals surface area contributed by atoms with Gasteiger partial charge in [0.25, 0.3) is 0 Å². The quantitative estimate of drug-likeness (QED) is 0.585. The smallest absolute Gasteiger partial charge is 0.227 e. The van der Waals surface area contributed by atoms with Crippen LogP contribution in [0.3, 0.4) is 0 Å². The first-order valence-corrected chi connectivity index (χ1v) is 5.83. The summed E-state index contributed by atoms with van der Waals surface area (Å²) in [7, 11) is 0. The second-order valence-electron chi connectivity index (χ2n) is 5.52. The SMILES string of the molecule is CC1(C)C(O)CC1NC(=O)C1C=CC(N)C1. The van der Waals surface area contributed by atoms with Crippen molar-refractivity contribution in [3.8, 4) is 0 Å². The topological polar surface area (TPSA) is 75.3 Å². The van der Waals surface area contributed by atoms with E-state index in [4.69, 9.17) is 5.73 Å². The maximum absolute atomic E-state index is 11.9. The molecule has 0 aromatic rings. The minimum absolute atomic E-state index is 0.00995. The molecule has 2 aliphatic carbocycles. The van der Waals surface area contributed by atoms with Gasteiger partial charge in [-0.1, -0.05) is 26.0 Å². The number of carbonyl (C=O) groups excluding carboxylic acids is 1. The normalized spacial score (nSPS) is 40.5. The number of hydrogen-bond donors (Lipinski definition) is 3. The summed E-state index contributed by atoms with van der Waals surface area (Å²) in [6.07, 6.45) is 4.80. The van der Waals surface area contributed by atoms with Crippen molar-refractivity contribution in [3.05, 3.63) is 12.2 Å². The molecule has 1 saturated carbocycles. The highest BCUT2D eigenvalue weighted by molar-refractivity contribution is 5.81. The van der Waals surface area contributed by atoms with E-state index < -0.39 is 0 Å². The number of nitrogens with one attached hydrogen (secondary N) is 1. The van der Waals surface area contributed by atoms with Crippen LogP contribution in [0.4, 0.5) is 0 Å². The first-order chi connectivity index (χ1) is 7.41. The molecule has 0 spiro atoms. The van der Waals surface area contributed by atoms with Gasteiger partial charge in [-0.3, -0.25) is 4.79 Å². The van der Waals surface area contributed by atoms with Crippen molar-refractivity contribution in [1.82, 2.24) is 5.32 Å². The fourth-order valence-corrected chi connectivity index (χ4v) is 2.35. The van der Waals surface area contributed by atoms with Crippen LogP contribution in [0.2, 0.25) is 0 Å². The van der Waals surface area contributed by atoms with Crippen LogP contribution >= 0.6 is 0 Å². The highest BCUT2D eigenvalue weighted by Gasteiger charge is 2.48. The Kier molecular flexibility index (Phi) is 2.80. The Morgan fingerprint density at radius 3 is 2.56 bits per heavy atom. The van der Waals surface area contributed by atoms with Crippen molar-refractivity contribution in [2.24, 2.45) is 17.1 Å². The van der Waals surface area contributed by atoms with Gasteiger partial charge in [0.05, 0.1) is 12.0 Å². The molecule has 4 heteroatoms. The third kappa shape index (κ3) is 1.87. The van der Waals surface area contributed by atoms with Gasteiger partial charge in [0, 0.05) is 17.5 Å². The van der Waals surface area contributed by atoms with Gasteiger partial charge >= 0.3 is 0 Å². The van der Waals surface area contributed by atoms with Crippen LogP contribution in [-0.4, -0.2) is 29.2 Å². The van der Waals surface area contributed by atoms with Crippen LogP contribution in [0.15, 0.2) is 12.2 Å². The van der Waals surface area contributed by atoms with E-state index in [0.29, 0.717) is 12.8 Å². The van der Waals surface area contributed by atoms with Crippen molar-refractivity contribution < 1.29 is 9.90 Å². The number of amides is 1. The molecule has 4 N–H and O–H groups in total. The van der Waals surface area contributed by atoms with E-state index >= 15 is 0 Å². The Labute approximate surface area is 95.9 Å². The molecule has 4 nitrogen and oxygen atoms in total. The van der Waals surface area contributed by atoms with E-state index in [1.165, 1.54) is 0 Å². The van der Waals surface area contributed by atoms with Crippen LogP contribution in [0.25, 0.3) is 0 Å². The van der Waals surface area contributed by atoms with Gasteiger partial charge in [0.2, 0.25) is 5.91 Å². The van der Waals surface area contributed by atoms with Crippen LogP contribution in [-0.2, 0) is 4.79 Å². The van der Waals surface area contributed by atoms with Gasteiger partial charge in [0.1, 0.15) is 0 Å². The lowest BCUT2D eigenvalue weighted by Crippen LogP contribution is -2.61. The van der Waals surface area contributed by atoms with E-state index in [-0.39, 0.29) is 35.4 Å². The lowest BCUT2D eigenvalue weighted by molar-refractivity contribution is -0.131. The van der Waals surface area contributed by atoms with Gasteiger partial charge in [-0.25, -0.2) is 0 Å². The molecule has 4 atom stereocenters. The first-order valence-electron chi connectivity index (χ1n) is 5.83. The number of aliphatic hydroxyl groups is 1. The van der Waals surface area contributed by atoms with Crippen molar-refractivity contribution in [2.45, 2.75) is 44.9 Å². The molecule has 0 saturated heterocycles. The van der Waals surface area contributed by atoms with Crippen molar-refractivity contribution in [1.29, 1.82) is 0 Å². The third-order valence-electron chi connectivity index (χ3n) is 3.99. The summed E-state index contributed by atoms with van der Waals surface area (Å²) < 4.78 is 0. The number of nitrogens with two attached hydrogens (primary N) is 1. The van der Waals surface area contributed by atoms with E-state index in [1.54, 1.807) is 0 Å². The summed E-state index contributed by atoms with van der Waals surface area (Å²) >= 11 is 0. The number of hydrogen-bond acceptors (Lipinski definition) is 3. The van der Waals surface area contributed by atoms with Gasteiger partial charge in [0.15, 0.2) is 0 Å². The second kappa shape index (κ2) is 3.86. The Balaban J connectivity index is 1.87. The fraction of sp³-hybridized carbons (Fsp3) is 0.750. The molecular formula is C12H20N2O2. The predicted molar refractivity (Wildman–Crippen MR) is 61.6 cm³/mol. The van der Waals surface area contributed by atoms with E-state index in [9.17, 15) is 9.90 Å². The summed E-state index contributed by atoms with van der Waals surface area (Å²) in [5, 5.41) is 12.6. The van der Waals surface area contributed by atoms with Crippen molar-refractivity contribution in [3.63, 3.8) is 0 Å². The molecule has 2 aliphatic rings. The lowest BCUT2D eigenvalue weighted by Gasteiger charge is -2.49. The Morgan fingerprint density at radius 1 is 1.44 bits per heavy atom. The average Bonchev–Trinajstić information content (AvgIpc) is 2.64. The first kappa shape index (κ1) is 11.6. The summed E-state index contributed by atoms with van der Waals surface area (Å²) in [4.78, 5) is 11.9. The zero-order valence-corrected chi connectivity index (χ0v) is 9.81. The molecular weight excluding hydrogens is 204 g/mol. The Bertz CT molecular complexity index is 325. The molecule has 16 heavy (non-hydrogen) atoms. The third-order valence-corrected chi connectivity index (χ3v) is 3.99. The molecule has 90 valence electrons. The zero-order valence-electron chi connectivity index (χ0n) is 9.81. The lowest BCUT2D eigenvalue weighted by atomic mass is 9.64. The van der Waals surface area contributed by atoms with Gasteiger partial charge in [-0.15, -0.1) is 0 Å². The Hall–Kier alpha value is -0.870. The maximum Gasteiger partial charge on any atom is 0.227 e. The molecule has 1 amide bonds. The van der Waals surface area contributed by atoms with Crippen LogP contribution in [0.1, 0.15) is 26.7 Å². The average molecular weight is 224 g/mol. The number of aliphatic hydroxyl groups excluding tert-OH is 1. The zero-order chi connectivity index (χ0) is 11.9. The van der Waals surface area contributed by atoms with E-state index in [0.717, 1.165) is 0 Å². The van der Waals surface area contributed by atoms with E-state index in [1.807, 2.05) is 26.0 Å². The van der Waals surface area contributed by atoms with Crippen LogP contribution < -0.4 is 11.1 Å². The minimum atomic E-state index is -0.306. The van der Waals surface area contributed by atoms with Crippen molar-refractivity contribution in [2.75, 3.05) is 0 Å². The van der Waals surface area contributed by atoms with Gasteiger partial charge in [-0.2, -0.15) is 0 Å². The summed E-state index contributed by atoms with van der Waals surface area (Å²) in [6, 6.07) is 0.0935. The summed E-state index contributed by atoms with van der Waals surface area (Å²) in [5.74, 6) is -0.0577. The summed E-state index contributed by atoms with van der Waals surface area (Å²) in [5.41, 5.74) is 5.50. The van der Waals surface area contributed by atoms with E-state index in [2.05, 4.69) is 5.32 Å². The largest absolute Gasteiger partial charge is 0.392 e. The highest BCUT2D eigenvalue weighted by Crippen LogP contribution is 2.40. The number of carbonyl (C=O) groups is 1. The molecule has 0 heterocycles. The highest BCUT2D eigenvalue weighted by atomic mass is 16.3. The predicted octanol–water partition coefficient (Wildman–Crippen LogP) is 0.165. The summed E-state index contributed by atoms with van der Waals surface area (Å²) in [6.45, 7) is 3.95. The van der Waals surface area contributed by atoms with Gasteiger partial charge < -0.3 is 16.2 Å².